The summed E-state index contributed by atoms with van der Waals surface area (Å²) < 4.78 is 0. The number of rotatable bonds is 7. The molecule has 0 radical (unpaired) electrons. The summed E-state index contributed by atoms with van der Waals surface area (Å²) in [5.41, 5.74) is 15.2. The Kier molecular flexibility index (Phi) is 12.0. The van der Waals surface area contributed by atoms with E-state index in [1.807, 2.05) is 0 Å². The van der Waals surface area contributed by atoms with Gasteiger partial charge in [0.05, 0.1) is 6.61 Å². The lowest BCUT2D eigenvalue weighted by atomic mass is 10.1. The molecule has 0 rings (SSSR count). The van der Waals surface area contributed by atoms with E-state index < -0.39 is 30.6 Å². The van der Waals surface area contributed by atoms with Crippen LogP contribution in [0.2, 0.25) is 0 Å². The van der Waals surface area contributed by atoms with E-state index in [9.17, 15) is 9.59 Å². The van der Waals surface area contributed by atoms with Crippen LogP contribution >= 0.6 is 0 Å². The Morgan fingerprint density at radius 1 is 1.00 bits per heavy atom. The Hall–Kier alpha value is -1.22. The van der Waals surface area contributed by atoms with Gasteiger partial charge in [0.2, 0.25) is 0 Å². The van der Waals surface area contributed by atoms with Crippen molar-refractivity contribution in [2.75, 3.05) is 13.2 Å². The first-order chi connectivity index (χ1) is 7.86. The minimum absolute atomic E-state index is 0.505. The van der Waals surface area contributed by atoms with Crippen molar-refractivity contribution in [3.05, 3.63) is 0 Å². The van der Waals surface area contributed by atoms with Crippen molar-refractivity contribution in [3.63, 3.8) is 0 Å². The lowest BCUT2D eigenvalue weighted by Crippen LogP contribution is -2.33. The zero-order chi connectivity index (χ0) is 13.8. The van der Waals surface area contributed by atoms with Crippen LogP contribution in [-0.4, -0.2) is 52.5 Å². The molecule has 0 fully saturated rings. The lowest BCUT2D eigenvalue weighted by molar-refractivity contribution is -0.140. The van der Waals surface area contributed by atoms with Gasteiger partial charge in [0.15, 0.2) is 0 Å². The van der Waals surface area contributed by atoms with Gasteiger partial charge in [-0.2, -0.15) is 0 Å². The Morgan fingerprint density at radius 2 is 1.47 bits per heavy atom. The number of carboxylic acids is 2. The zero-order valence-corrected chi connectivity index (χ0v) is 9.58. The fourth-order valence-corrected chi connectivity index (χ4v) is 0.710. The first kappa shape index (κ1) is 18.2. The van der Waals surface area contributed by atoms with E-state index >= 15 is 0 Å². The second-order valence-electron chi connectivity index (χ2n) is 3.36. The monoisotopic (exact) mass is 251 g/mol. The molecule has 0 saturated carbocycles. The molecule has 0 spiro atoms. The fourth-order valence-electron chi connectivity index (χ4n) is 0.710. The molecule has 0 unspecified atom stereocenters. The molecule has 2 atom stereocenters. The Balaban J connectivity index is 0. The zero-order valence-electron chi connectivity index (χ0n) is 9.58. The normalized spacial score (nSPS) is 13.2. The van der Waals surface area contributed by atoms with Gasteiger partial charge < -0.3 is 32.5 Å². The van der Waals surface area contributed by atoms with Crippen molar-refractivity contribution in [2.24, 2.45) is 17.2 Å². The number of hydrogen-bond acceptors (Lipinski definition) is 6. The molecule has 0 aromatic heterocycles. The number of aliphatic carboxylic acids is 2. The van der Waals surface area contributed by atoms with E-state index in [2.05, 4.69) is 0 Å². The molecule has 0 bridgehead atoms. The summed E-state index contributed by atoms with van der Waals surface area (Å²) in [5.74, 6) is -2.11. The maximum atomic E-state index is 10.1. The van der Waals surface area contributed by atoms with Gasteiger partial charge >= 0.3 is 11.9 Å². The predicted molar refractivity (Wildman–Crippen MR) is 61.2 cm³/mol. The van der Waals surface area contributed by atoms with Gasteiger partial charge in [-0.05, 0) is 19.4 Å². The second kappa shape index (κ2) is 11.3. The molecule has 0 heterocycles. The molecular weight excluding hydrogens is 230 g/mol. The Bertz CT molecular complexity index is 225. The highest BCUT2D eigenvalue weighted by atomic mass is 16.4. The Labute approximate surface area is 99.4 Å². The summed E-state index contributed by atoms with van der Waals surface area (Å²) >= 11 is 0. The van der Waals surface area contributed by atoms with Crippen LogP contribution in [0, 0.1) is 0 Å². The van der Waals surface area contributed by atoms with E-state index in [1.165, 1.54) is 0 Å². The summed E-state index contributed by atoms with van der Waals surface area (Å²) in [6, 6.07) is -1.84. The minimum Gasteiger partial charge on any atom is -0.480 e. The molecule has 8 heteroatoms. The highest BCUT2D eigenvalue weighted by molar-refractivity contribution is 5.73. The first-order valence-corrected chi connectivity index (χ1v) is 5.14. The third-order valence-electron chi connectivity index (χ3n) is 1.80. The van der Waals surface area contributed by atoms with Crippen LogP contribution in [0.25, 0.3) is 0 Å². The predicted octanol–water partition coefficient (Wildman–Crippen LogP) is -2.08. The number of carboxylic acid groups (broad SMARTS) is 2. The third kappa shape index (κ3) is 12.7. The largest absolute Gasteiger partial charge is 0.480 e. The standard InChI is InChI=1S/C6H14N2O2.C3H7NO3/c7-4-2-1-3-5(8)6(9)10;4-2(1-5)3(6)7/h5H,1-4,7-8H2,(H,9,10);2,5H,1,4H2,(H,6,7)/t5-;2-/m11/s1. The summed E-state index contributed by atoms with van der Waals surface area (Å²) in [6.45, 7) is 0.0989. The maximum absolute atomic E-state index is 10.1. The van der Waals surface area contributed by atoms with Crippen molar-refractivity contribution in [1.82, 2.24) is 0 Å². The van der Waals surface area contributed by atoms with Crippen LogP contribution in [0.1, 0.15) is 19.3 Å². The fraction of sp³-hybridized carbons (Fsp3) is 0.778. The van der Waals surface area contributed by atoms with E-state index in [0.717, 1.165) is 12.8 Å². The summed E-state index contributed by atoms with van der Waals surface area (Å²) in [4.78, 5) is 19.8. The number of carbonyl (C=O) groups is 2. The van der Waals surface area contributed by atoms with E-state index in [1.54, 1.807) is 0 Å². The molecule has 0 saturated heterocycles. The number of hydrogen-bond donors (Lipinski definition) is 6. The van der Waals surface area contributed by atoms with Gasteiger partial charge in [0, 0.05) is 0 Å². The quantitative estimate of drug-likeness (QED) is 0.279. The van der Waals surface area contributed by atoms with Crippen molar-refractivity contribution in [1.29, 1.82) is 0 Å². The molecule has 0 aliphatic carbocycles. The SMILES string of the molecule is NCCCC[C@@H](N)C(=O)O.N[C@H](CO)C(=O)O. The van der Waals surface area contributed by atoms with Gasteiger partial charge in [-0.1, -0.05) is 6.42 Å². The molecular formula is C9H21N3O5. The Morgan fingerprint density at radius 3 is 1.71 bits per heavy atom. The highest BCUT2D eigenvalue weighted by Gasteiger charge is 2.09. The minimum atomic E-state index is -1.18. The molecule has 0 amide bonds. The smallest absolute Gasteiger partial charge is 0.322 e. The van der Waals surface area contributed by atoms with Gasteiger partial charge in [-0.3, -0.25) is 9.59 Å². The van der Waals surface area contributed by atoms with Crippen molar-refractivity contribution in [2.45, 2.75) is 31.3 Å². The van der Waals surface area contributed by atoms with Crippen molar-refractivity contribution in [3.8, 4) is 0 Å². The average molecular weight is 251 g/mol. The van der Waals surface area contributed by atoms with E-state index in [-0.39, 0.29) is 0 Å². The maximum Gasteiger partial charge on any atom is 0.322 e. The van der Waals surface area contributed by atoms with Gasteiger partial charge in [0.1, 0.15) is 12.1 Å². The van der Waals surface area contributed by atoms with Gasteiger partial charge in [0.25, 0.3) is 0 Å². The van der Waals surface area contributed by atoms with Crippen molar-refractivity contribution < 1.29 is 24.9 Å². The lowest BCUT2D eigenvalue weighted by Gasteiger charge is -2.03. The van der Waals surface area contributed by atoms with Gasteiger partial charge in [-0.25, -0.2) is 0 Å². The molecule has 0 aliphatic heterocycles. The van der Waals surface area contributed by atoms with Crippen molar-refractivity contribution >= 4 is 11.9 Å². The number of unbranched alkanes of at least 4 members (excludes halogenated alkanes) is 1. The van der Waals surface area contributed by atoms with Crippen LogP contribution in [0.5, 0.6) is 0 Å². The van der Waals surface area contributed by atoms with Crippen LogP contribution in [0.15, 0.2) is 0 Å². The molecule has 102 valence electrons. The van der Waals surface area contributed by atoms with Crippen LogP contribution < -0.4 is 17.2 Å². The van der Waals surface area contributed by atoms with Gasteiger partial charge in [-0.15, -0.1) is 0 Å². The molecule has 0 aromatic rings. The summed E-state index contributed by atoms with van der Waals surface area (Å²) in [5, 5.41) is 24.2. The topological polar surface area (TPSA) is 173 Å². The third-order valence-corrected chi connectivity index (χ3v) is 1.80. The van der Waals surface area contributed by atoms with Crippen LogP contribution in [0.3, 0.4) is 0 Å². The highest BCUT2D eigenvalue weighted by Crippen LogP contribution is 1.96. The number of nitrogens with two attached hydrogens (primary N) is 3. The van der Waals surface area contributed by atoms with E-state index in [0.29, 0.717) is 13.0 Å². The first-order valence-electron chi connectivity index (χ1n) is 5.14. The summed E-state index contributed by atoms with van der Waals surface area (Å²) in [7, 11) is 0. The molecule has 0 aromatic carbocycles. The van der Waals surface area contributed by atoms with Crippen LogP contribution in [-0.2, 0) is 9.59 Å². The molecule has 0 aliphatic rings. The van der Waals surface area contributed by atoms with E-state index in [4.69, 9.17) is 32.5 Å². The molecule has 17 heavy (non-hydrogen) atoms. The van der Waals surface area contributed by atoms with Crippen LogP contribution in [0.4, 0.5) is 0 Å². The number of aliphatic hydroxyl groups excluding tert-OH is 1. The number of aliphatic hydroxyl groups is 1. The second-order valence-corrected chi connectivity index (χ2v) is 3.36. The molecule has 9 N–H and O–H groups in total. The average Bonchev–Trinajstić information content (AvgIpc) is 2.28. The summed E-state index contributed by atoms with van der Waals surface area (Å²) in [6.07, 6.45) is 2.16. The molecule has 8 nitrogen and oxygen atoms in total.